The molecule has 1 heterocycles. The lowest BCUT2D eigenvalue weighted by Gasteiger charge is -2.00. The molecule has 23 heavy (non-hydrogen) atoms. The molecule has 5 nitrogen and oxygen atoms in total. The van der Waals surface area contributed by atoms with Crippen LogP contribution in [-0.2, 0) is 0 Å². The summed E-state index contributed by atoms with van der Waals surface area (Å²) in [5, 5.41) is 21.2. The van der Waals surface area contributed by atoms with Crippen LogP contribution in [0.4, 0.5) is 5.69 Å². The van der Waals surface area contributed by atoms with Gasteiger partial charge < -0.3 is 4.98 Å². The summed E-state index contributed by atoms with van der Waals surface area (Å²) >= 11 is 0. The summed E-state index contributed by atoms with van der Waals surface area (Å²) in [5.74, 6) is 0. The number of nitriles is 1. The Morgan fingerprint density at radius 2 is 1.91 bits per heavy atom. The van der Waals surface area contributed by atoms with Gasteiger partial charge in [0.15, 0.2) is 0 Å². The number of aryl methyl sites for hydroxylation is 1. The molecule has 3 aromatic rings. The highest BCUT2D eigenvalue weighted by molar-refractivity contribution is 5.98. The second kappa shape index (κ2) is 5.78. The zero-order chi connectivity index (χ0) is 16.4. The molecule has 2 aromatic carbocycles. The van der Waals surface area contributed by atoms with E-state index in [4.69, 9.17) is 0 Å². The number of benzene rings is 2. The van der Waals surface area contributed by atoms with Crippen molar-refractivity contribution in [2.24, 2.45) is 0 Å². The highest BCUT2D eigenvalue weighted by atomic mass is 16.6. The van der Waals surface area contributed by atoms with Crippen LogP contribution < -0.4 is 0 Å². The van der Waals surface area contributed by atoms with E-state index in [1.807, 2.05) is 37.3 Å². The fraction of sp³-hybridized carbons (Fsp3) is 0.0556. The second-order valence-electron chi connectivity index (χ2n) is 5.18. The minimum Gasteiger partial charge on any atom is -0.358 e. The van der Waals surface area contributed by atoms with Gasteiger partial charge in [0.2, 0.25) is 0 Å². The lowest BCUT2D eigenvalue weighted by Crippen LogP contribution is -1.88. The number of fused-ring (bicyclic) bond motifs is 1. The number of aromatic nitrogens is 1. The van der Waals surface area contributed by atoms with Gasteiger partial charge in [0.1, 0.15) is 0 Å². The molecular weight excluding hydrogens is 290 g/mol. The molecule has 0 bridgehead atoms. The van der Waals surface area contributed by atoms with Crippen LogP contribution in [0.3, 0.4) is 0 Å². The summed E-state index contributed by atoms with van der Waals surface area (Å²) < 4.78 is 0. The number of non-ortho nitro benzene ring substituents is 1. The molecular formula is C18H13N3O2. The first-order chi connectivity index (χ1) is 11.1. The second-order valence-corrected chi connectivity index (χ2v) is 5.18. The smallest absolute Gasteiger partial charge is 0.269 e. The quantitative estimate of drug-likeness (QED) is 0.441. The molecule has 0 amide bonds. The Morgan fingerprint density at radius 1 is 1.22 bits per heavy atom. The van der Waals surface area contributed by atoms with Crippen LogP contribution in [-0.4, -0.2) is 9.91 Å². The van der Waals surface area contributed by atoms with E-state index < -0.39 is 4.92 Å². The summed E-state index contributed by atoms with van der Waals surface area (Å²) in [5.41, 5.74) is 4.07. The van der Waals surface area contributed by atoms with Crippen LogP contribution >= 0.6 is 0 Å². The number of nitrogens with one attached hydrogen (secondary N) is 1. The molecule has 0 saturated carbocycles. The van der Waals surface area contributed by atoms with Crippen LogP contribution in [0.1, 0.15) is 16.8 Å². The first-order valence-electron chi connectivity index (χ1n) is 7.04. The third-order valence-electron chi connectivity index (χ3n) is 3.74. The van der Waals surface area contributed by atoms with E-state index in [1.54, 1.807) is 12.1 Å². The Morgan fingerprint density at radius 3 is 2.57 bits per heavy atom. The fourth-order valence-corrected chi connectivity index (χ4v) is 2.57. The molecule has 0 spiro atoms. The van der Waals surface area contributed by atoms with Gasteiger partial charge in [-0.25, -0.2) is 0 Å². The van der Waals surface area contributed by atoms with Crippen molar-refractivity contribution in [2.75, 3.05) is 0 Å². The lowest BCUT2D eigenvalue weighted by atomic mass is 10.0. The summed E-state index contributed by atoms with van der Waals surface area (Å²) in [4.78, 5) is 13.6. The van der Waals surface area contributed by atoms with Crippen LogP contribution in [0.15, 0.2) is 48.5 Å². The average Bonchev–Trinajstić information content (AvgIpc) is 2.88. The normalized spacial score (nSPS) is 11.4. The van der Waals surface area contributed by atoms with Crippen molar-refractivity contribution in [3.05, 3.63) is 75.5 Å². The molecule has 0 aliphatic carbocycles. The molecule has 0 aliphatic heterocycles. The highest BCUT2D eigenvalue weighted by Crippen LogP contribution is 2.27. The molecule has 0 atom stereocenters. The van der Waals surface area contributed by atoms with E-state index in [2.05, 4.69) is 11.1 Å². The summed E-state index contributed by atoms with van der Waals surface area (Å²) in [7, 11) is 0. The Hall–Kier alpha value is -3.39. The molecule has 112 valence electrons. The van der Waals surface area contributed by atoms with Crippen molar-refractivity contribution in [3.8, 4) is 6.07 Å². The average molecular weight is 303 g/mol. The zero-order valence-electron chi connectivity index (χ0n) is 12.4. The van der Waals surface area contributed by atoms with Crippen molar-refractivity contribution in [1.82, 2.24) is 4.98 Å². The third-order valence-corrected chi connectivity index (χ3v) is 3.74. The maximum Gasteiger partial charge on any atom is 0.269 e. The summed E-state index contributed by atoms with van der Waals surface area (Å²) in [6.07, 6.45) is 1.81. The molecule has 0 unspecified atom stereocenters. The monoisotopic (exact) mass is 303 g/mol. The van der Waals surface area contributed by atoms with Gasteiger partial charge in [0, 0.05) is 34.3 Å². The van der Waals surface area contributed by atoms with Crippen LogP contribution in [0.5, 0.6) is 0 Å². The van der Waals surface area contributed by atoms with E-state index >= 15 is 0 Å². The molecule has 0 aliphatic rings. The largest absolute Gasteiger partial charge is 0.358 e. The molecule has 0 fully saturated rings. The van der Waals surface area contributed by atoms with Gasteiger partial charge >= 0.3 is 0 Å². The van der Waals surface area contributed by atoms with Crippen molar-refractivity contribution in [2.45, 2.75) is 6.92 Å². The van der Waals surface area contributed by atoms with E-state index in [9.17, 15) is 15.4 Å². The fourth-order valence-electron chi connectivity index (χ4n) is 2.57. The van der Waals surface area contributed by atoms with Gasteiger partial charge in [0.05, 0.1) is 16.6 Å². The van der Waals surface area contributed by atoms with Crippen molar-refractivity contribution >= 4 is 28.2 Å². The number of hydrogen-bond acceptors (Lipinski definition) is 3. The number of nitro benzene ring substituents is 1. The number of nitro groups is 1. The minimum atomic E-state index is -0.455. The van der Waals surface area contributed by atoms with E-state index in [0.717, 1.165) is 22.2 Å². The van der Waals surface area contributed by atoms with Crippen LogP contribution in [0, 0.1) is 28.4 Å². The van der Waals surface area contributed by atoms with Crippen molar-refractivity contribution in [1.29, 1.82) is 5.26 Å². The molecule has 3 rings (SSSR count). The Kier molecular flexibility index (Phi) is 3.65. The molecule has 1 N–H and O–H groups in total. The topological polar surface area (TPSA) is 82.7 Å². The molecule has 5 heteroatoms. The Labute approximate surface area is 132 Å². The Balaban J connectivity index is 2.09. The van der Waals surface area contributed by atoms with Crippen molar-refractivity contribution < 1.29 is 4.92 Å². The number of H-pyrrole nitrogens is 1. The predicted octanol–water partition coefficient (Wildman–Crippen LogP) is 4.45. The summed E-state index contributed by atoms with van der Waals surface area (Å²) in [6.45, 7) is 1.96. The maximum absolute atomic E-state index is 10.7. The standard InChI is InChI=1S/C18H13N3O2/c1-12-17(16-4-2-3-5-18(16)20-12)10-14(11-19)13-6-8-15(9-7-13)21(22)23/h2-10,20H,1H3/b14-10-. The SMILES string of the molecule is Cc1[nH]c2ccccc2c1/C=C(/C#N)c1ccc([N+](=O)[O-])cc1. The number of aromatic amines is 1. The zero-order valence-corrected chi connectivity index (χ0v) is 12.4. The van der Waals surface area contributed by atoms with E-state index in [0.29, 0.717) is 11.1 Å². The predicted molar refractivity (Wildman–Crippen MR) is 89.6 cm³/mol. The number of hydrogen-bond donors (Lipinski definition) is 1. The maximum atomic E-state index is 10.7. The molecule has 1 aromatic heterocycles. The number of rotatable bonds is 3. The number of para-hydroxylation sites is 1. The van der Waals surface area contributed by atoms with Gasteiger partial charge in [-0.3, -0.25) is 10.1 Å². The van der Waals surface area contributed by atoms with Crippen molar-refractivity contribution in [3.63, 3.8) is 0 Å². The first-order valence-corrected chi connectivity index (χ1v) is 7.04. The molecule has 0 radical (unpaired) electrons. The lowest BCUT2D eigenvalue weighted by molar-refractivity contribution is -0.384. The molecule has 0 saturated heterocycles. The van der Waals surface area contributed by atoms with Gasteiger partial charge in [-0.15, -0.1) is 0 Å². The number of nitrogens with zero attached hydrogens (tertiary/aromatic N) is 2. The summed E-state index contributed by atoms with van der Waals surface area (Å²) in [6, 6.07) is 16.1. The third kappa shape index (κ3) is 2.70. The van der Waals surface area contributed by atoms with Crippen LogP contribution in [0.25, 0.3) is 22.6 Å². The van der Waals surface area contributed by atoms with Gasteiger partial charge in [-0.2, -0.15) is 5.26 Å². The van der Waals surface area contributed by atoms with E-state index in [1.165, 1.54) is 12.1 Å². The number of allylic oxidation sites excluding steroid dienone is 1. The van der Waals surface area contributed by atoms with Crippen LogP contribution in [0.2, 0.25) is 0 Å². The van der Waals surface area contributed by atoms with Gasteiger partial charge in [0.25, 0.3) is 5.69 Å². The minimum absolute atomic E-state index is 0.00862. The first kappa shape index (κ1) is 14.5. The van der Waals surface area contributed by atoms with E-state index in [-0.39, 0.29) is 5.69 Å². The Bertz CT molecular complexity index is 960. The van der Waals surface area contributed by atoms with Gasteiger partial charge in [-0.05, 0) is 36.8 Å². The highest BCUT2D eigenvalue weighted by Gasteiger charge is 2.10. The van der Waals surface area contributed by atoms with Gasteiger partial charge in [-0.1, -0.05) is 18.2 Å².